The minimum Gasteiger partial charge on any atom is -0.306 e. The summed E-state index contributed by atoms with van der Waals surface area (Å²) in [6, 6.07) is 5.46. The number of halogens is 4. The normalized spacial score (nSPS) is 12.1. The van der Waals surface area contributed by atoms with Crippen molar-refractivity contribution in [3.8, 4) is 0 Å². The molecule has 2 nitrogen and oxygen atoms in total. The molecule has 1 rings (SSSR count). The maximum Gasteiger partial charge on any atom is 0.256 e. The Morgan fingerprint density at radius 2 is 2.00 bits per heavy atom. The highest BCUT2D eigenvalue weighted by Gasteiger charge is 2.22. The Morgan fingerprint density at radius 3 is 2.53 bits per heavy atom. The summed E-state index contributed by atoms with van der Waals surface area (Å²) in [6.45, 7) is 1.93. The summed E-state index contributed by atoms with van der Waals surface area (Å²) in [7, 11) is 1.75. The molecule has 0 fully saturated rings. The van der Waals surface area contributed by atoms with Gasteiger partial charge in [-0.3, -0.25) is 0 Å². The molecule has 0 aromatic heterocycles. The minimum absolute atomic E-state index is 0.686. The van der Waals surface area contributed by atoms with E-state index in [9.17, 15) is 0 Å². The van der Waals surface area contributed by atoms with Crippen molar-refractivity contribution in [3.05, 3.63) is 28.8 Å². The van der Waals surface area contributed by atoms with E-state index in [0.717, 1.165) is 23.2 Å². The van der Waals surface area contributed by atoms with Gasteiger partial charge < -0.3 is 4.31 Å². The van der Waals surface area contributed by atoms with Gasteiger partial charge in [-0.25, -0.2) is 4.99 Å². The standard InChI is InChI=1S/C10H10Cl4N2S/c1-7-5-8(11)3-4-9(7)15-6-16(2)17-10(12,13)14/h3-6H,1-2H3/b15-6-. The van der Waals surface area contributed by atoms with Crippen molar-refractivity contribution in [2.45, 2.75) is 10.0 Å². The molecule has 1 aromatic carbocycles. The van der Waals surface area contributed by atoms with E-state index in [1.807, 2.05) is 19.1 Å². The Labute approximate surface area is 125 Å². The number of aliphatic imine (C=N–C) groups is 1. The van der Waals surface area contributed by atoms with Gasteiger partial charge in [-0.2, -0.15) is 0 Å². The summed E-state index contributed by atoms with van der Waals surface area (Å²) >= 11 is 23.8. The van der Waals surface area contributed by atoms with Gasteiger partial charge in [-0.15, -0.1) is 0 Å². The van der Waals surface area contributed by atoms with E-state index in [1.165, 1.54) is 0 Å². The van der Waals surface area contributed by atoms with Crippen molar-refractivity contribution < 1.29 is 0 Å². The van der Waals surface area contributed by atoms with Crippen LogP contribution < -0.4 is 0 Å². The summed E-state index contributed by atoms with van der Waals surface area (Å²) in [6.07, 6.45) is 1.59. The van der Waals surface area contributed by atoms with E-state index in [1.54, 1.807) is 23.8 Å². The highest BCUT2D eigenvalue weighted by atomic mass is 35.6. The predicted molar refractivity (Wildman–Crippen MR) is 80.0 cm³/mol. The van der Waals surface area contributed by atoms with E-state index < -0.39 is 3.12 Å². The zero-order valence-corrected chi connectivity index (χ0v) is 13.0. The lowest BCUT2D eigenvalue weighted by atomic mass is 10.2. The van der Waals surface area contributed by atoms with Crippen LogP contribution in [0.5, 0.6) is 0 Å². The molecule has 94 valence electrons. The summed E-state index contributed by atoms with van der Waals surface area (Å²) in [5.74, 6) is 0. The first-order valence-electron chi connectivity index (χ1n) is 4.57. The van der Waals surface area contributed by atoms with Crippen LogP contribution >= 0.6 is 58.4 Å². The molecule has 0 radical (unpaired) electrons. The Kier molecular flexibility index (Phi) is 5.74. The van der Waals surface area contributed by atoms with E-state index >= 15 is 0 Å². The van der Waals surface area contributed by atoms with Crippen LogP contribution in [0.4, 0.5) is 5.69 Å². The van der Waals surface area contributed by atoms with E-state index in [4.69, 9.17) is 46.4 Å². The number of hydrogen-bond acceptors (Lipinski definition) is 2. The average Bonchev–Trinajstić information content (AvgIpc) is 2.13. The highest BCUT2D eigenvalue weighted by Crippen LogP contribution is 2.39. The molecule has 0 atom stereocenters. The van der Waals surface area contributed by atoms with Crippen molar-refractivity contribution in [1.82, 2.24) is 4.31 Å². The van der Waals surface area contributed by atoms with Crippen molar-refractivity contribution in [2.24, 2.45) is 4.99 Å². The van der Waals surface area contributed by atoms with E-state index in [-0.39, 0.29) is 0 Å². The van der Waals surface area contributed by atoms with Crippen molar-refractivity contribution in [2.75, 3.05) is 7.05 Å². The molecule has 0 bridgehead atoms. The van der Waals surface area contributed by atoms with Gasteiger partial charge in [0.15, 0.2) is 0 Å². The third-order valence-corrected chi connectivity index (χ3v) is 3.21. The molecule has 0 unspecified atom stereocenters. The number of rotatable bonds is 3. The molecule has 0 saturated carbocycles. The molecule has 1 aromatic rings. The summed E-state index contributed by atoms with van der Waals surface area (Å²) in [5.41, 5.74) is 1.81. The van der Waals surface area contributed by atoms with Crippen LogP contribution in [0.2, 0.25) is 5.02 Å². The number of benzene rings is 1. The summed E-state index contributed by atoms with van der Waals surface area (Å²) in [5, 5.41) is 0.686. The number of hydrogen-bond donors (Lipinski definition) is 0. The van der Waals surface area contributed by atoms with Gasteiger partial charge >= 0.3 is 0 Å². The van der Waals surface area contributed by atoms with Crippen LogP contribution in [-0.4, -0.2) is 20.8 Å². The third-order valence-electron chi connectivity index (χ3n) is 1.77. The van der Waals surface area contributed by atoms with Gasteiger partial charge in [0.25, 0.3) is 3.12 Å². The molecular weight excluding hydrogens is 322 g/mol. The smallest absolute Gasteiger partial charge is 0.256 e. The van der Waals surface area contributed by atoms with Gasteiger partial charge in [0.05, 0.1) is 5.69 Å². The molecule has 0 saturated heterocycles. The van der Waals surface area contributed by atoms with Gasteiger partial charge in [0.2, 0.25) is 0 Å². The van der Waals surface area contributed by atoms with Crippen LogP contribution in [0.3, 0.4) is 0 Å². The molecule has 0 amide bonds. The second kappa shape index (κ2) is 6.39. The lowest BCUT2D eigenvalue weighted by Crippen LogP contribution is -2.12. The third kappa shape index (κ3) is 6.07. The van der Waals surface area contributed by atoms with Crippen LogP contribution in [0, 0.1) is 6.92 Å². The van der Waals surface area contributed by atoms with Gasteiger partial charge in [-0.05, 0) is 30.7 Å². The number of nitrogens with zero attached hydrogens (tertiary/aromatic N) is 2. The zero-order chi connectivity index (χ0) is 13.1. The van der Waals surface area contributed by atoms with E-state index in [0.29, 0.717) is 5.02 Å². The van der Waals surface area contributed by atoms with Gasteiger partial charge in [0, 0.05) is 24.0 Å². The zero-order valence-electron chi connectivity index (χ0n) is 9.12. The van der Waals surface area contributed by atoms with Crippen molar-refractivity contribution in [3.63, 3.8) is 0 Å². The Balaban J connectivity index is 2.70. The first-order valence-corrected chi connectivity index (χ1v) is 6.85. The number of alkyl halides is 3. The Bertz CT molecular complexity index is 417. The lowest BCUT2D eigenvalue weighted by molar-refractivity contribution is 0.870. The number of aryl methyl sites for hydroxylation is 1. The molecule has 0 aliphatic carbocycles. The van der Waals surface area contributed by atoms with Gasteiger partial charge in [0.1, 0.15) is 6.34 Å². The monoisotopic (exact) mass is 330 g/mol. The topological polar surface area (TPSA) is 15.6 Å². The summed E-state index contributed by atoms with van der Waals surface area (Å²) < 4.78 is 0.233. The first-order chi connectivity index (χ1) is 7.78. The van der Waals surface area contributed by atoms with E-state index in [2.05, 4.69) is 4.99 Å². The van der Waals surface area contributed by atoms with Crippen LogP contribution in [-0.2, 0) is 0 Å². The molecule has 0 spiro atoms. The Hall–Kier alpha value is 0.200. The molecule has 0 aliphatic rings. The fourth-order valence-electron chi connectivity index (χ4n) is 1.09. The molecule has 0 N–H and O–H groups in total. The maximum atomic E-state index is 5.85. The second-order valence-electron chi connectivity index (χ2n) is 3.26. The molecule has 17 heavy (non-hydrogen) atoms. The quantitative estimate of drug-likeness (QED) is 0.327. The lowest BCUT2D eigenvalue weighted by Gasteiger charge is -2.17. The molecule has 7 heteroatoms. The van der Waals surface area contributed by atoms with Gasteiger partial charge in [-0.1, -0.05) is 46.4 Å². The first kappa shape index (κ1) is 15.3. The minimum atomic E-state index is -1.39. The fraction of sp³-hybridized carbons (Fsp3) is 0.300. The van der Waals surface area contributed by atoms with Crippen LogP contribution in [0.1, 0.15) is 5.56 Å². The largest absolute Gasteiger partial charge is 0.306 e. The molecular formula is C10H10Cl4N2S. The average molecular weight is 332 g/mol. The van der Waals surface area contributed by atoms with Crippen molar-refractivity contribution in [1.29, 1.82) is 0 Å². The fourth-order valence-corrected chi connectivity index (χ4v) is 2.72. The molecule has 0 heterocycles. The van der Waals surface area contributed by atoms with Crippen molar-refractivity contribution >= 4 is 70.4 Å². The molecule has 0 aliphatic heterocycles. The van der Waals surface area contributed by atoms with Crippen LogP contribution in [0.15, 0.2) is 23.2 Å². The SMILES string of the molecule is Cc1cc(Cl)ccc1/N=C\N(C)SC(Cl)(Cl)Cl. The second-order valence-corrected chi connectivity index (χ2v) is 8.02. The maximum absolute atomic E-state index is 5.85. The van der Waals surface area contributed by atoms with Crippen LogP contribution in [0.25, 0.3) is 0 Å². The predicted octanol–water partition coefficient (Wildman–Crippen LogP) is 5.22. The summed E-state index contributed by atoms with van der Waals surface area (Å²) in [4.78, 5) is 4.28. The Morgan fingerprint density at radius 1 is 1.35 bits per heavy atom. The highest BCUT2D eigenvalue weighted by molar-refractivity contribution is 8.02.